The maximum absolute atomic E-state index is 12.4. The molecule has 4 aromatic rings. The first kappa shape index (κ1) is 16.0. The number of benzene rings is 1. The van der Waals surface area contributed by atoms with Gasteiger partial charge in [0.05, 0.1) is 48.4 Å². The number of aliphatic hydroxyl groups excluding tert-OH is 1. The normalized spacial score (nSPS) is 12.9. The smallest absolute Gasteiger partial charge is 0.271 e. The number of fused-ring (bicyclic) bond motifs is 2. The Morgan fingerprint density at radius 2 is 1.76 bits per heavy atom. The van der Waals surface area contributed by atoms with Crippen molar-refractivity contribution < 1.29 is 5.11 Å². The van der Waals surface area contributed by atoms with Gasteiger partial charge in [-0.2, -0.15) is 0 Å². The van der Waals surface area contributed by atoms with E-state index < -0.39 is 6.10 Å². The van der Waals surface area contributed by atoms with E-state index in [4.69, 9.17) is 0 Å². The van der Waals surface area contributed by atoms with E-state index >= 15 is 0 Å². The van der Waals surface area contributed by atoms with Crippen molar-refractivity contribution in [1.29, 1.82) is 0 Å². The van der Waals surface area contributed by atoms with Gasteiger partial charge in [0, 0.05) is 0 Å². The zero-order valence-electron chi connectivity index (χ0n) is 14.0. The van der Waals surface area contributed by atoms with Crippen LogP contribution in [0.1, 0.15) is 11.1 Å². The lowest BCUT2D eigenvalue weighted by Crippen LogP contribution is -2.29. The number of rotatable bonds is 4. The molecule has 0 amide bonds. The summed E-state index contributed by atoms with van der Waals surface area (Å²) in [4.78, 5) is 21.1. The van der Waals surface area contributed by atoms with E-state index in [1.165, 1.54) is 33.4 Å². The van der Waals surface area contributed by atoms with Crippen molar-refractivity contribution in [2.75, 3.05) is 0 Å². The predicted octanol–water partition coefficient (Wildman–Crippen LogP) is 2.49. The van der Waals surface area contributed by atoms with E-state index in [0.29, 0.717) is 16.8 Å². The van der Waals surface area contributed by atoms with Crippen LogP contribution < -0.4 is 5.56 Å². The first-order chi connectivity index (χ1) is 12.0. The predicted molar refractivity (Wildman–Crippen MR) is 99.1 cm³/mol. The van der Waals surface area contributed by atoms with Crippen molar-refractivity contribution in [3.63, 3.8) is 0 Å². The van der Waals surface area contributed by atoms with E-state index in [0.717, 1.165) is 11.0 Å². The Balaban J connectivity index is 1.59. The van der Waals surface area contributed by atoms with Crippen LogP contribution in [0, 0.1) is 13.8 Å². The summed E-state index contributed by atoms with van der Waals surface area (Å²) >= 11 is 1.37. The maximum atomic E-state index is 12.4. The molecule has 1 atom stereocenters. The maximum Gasteiger partial charge on any atom is 0.271 e. The highest BCUT2D eigenvalue weighted by atomic mass is 32.1. The molecular weight excluding hydrogens is 336 g/mol. The number of aromatic nitrogens is 4. The Bertz CT molecular complexity index is 1130. The van der Waals surface area contributed by atoms with Crippen LogP contribution >= 0.6 is 11.3 Å². The van der Waals surface area contributed by atoms with Crippen molar-refractivity contribution >= 4 is 32.6 Å². The molecule has 7 heteroatoms. The average Bonchev–Trinajstić information content (AvgIpc) is 3.19. The summed E-state index contributed by atoms with van der Waals surface area (Å²) < 4.78 is 4.01. The number of thiophene rings is 1. The van der Waals surface area contributed by atoms with Crippen LogP contribution in [0.3, 0.4) is 0 Å². The third-order valence-electron chi connectivity index (χ3n) is 4.49. The van der Waals surface area contributed by atoms with Crippen molar-refractivity contribution in [3.8, 4) is 0 Å². The van der Waals surface area contributed by atoms with Gasteiger partial charge in [0.2, 0.25) is 0 Å². The van der Waals surface area contributed by atoms with Gasteiger partial charge in [-0.1, -0.05) is 0 Å². The van der Waals surface area contributed by atoms with Crippen molar-refractivity contribution in [3.05, 3.63) is 57.7 Å². The van der Waals surface area contributed by atoms with E-state index in [1.54, 1.807) is 6.33 Å². The van der Waals surface area contributed by atoms with Gasteiger partial charge in [-0.15, -0.1) is 11.3 Å². The average molecular weight is 354 g/mol. The molecule has 0 aliphatic carbocycles. The minimum absolute atomic E-state index is 0.110. The van der Waals surface area contributed by atoms with E-state index in [-0.39, 0.29) is 12.1 Å². The Morgan fingerprint density at radius 3 is 2.60 bits per heavy atom. The van der Waals surface area contributed by atoms with E-state index in [1.807, 2.05) is 22.1 Å². The zero-order chi connectivity index (χ0) is 17.6. The molecule has 1 aromatic carbocycles. The first-order valence-corrected chi connectivity index (χ1v) is 8.93. The topological polar surface area (TPSA) is 72.9 Å². The molecule has 0 aliphatic heterocycles. The van der Waals surface area contributed by atoms with Gasteiger partial charge in [0.1, 0.15) is 4.70 Å². The Hall–Kier alpha value is -2.51. The summed E-state index contributed by atoms with van der Waals surface area (Å²) in [6.07, 6.45) is 2.52. The van der Waals surface area contributed by atoms with Crippen LogP contribution in [-0.2, 0) is 13.1 Å². The van der Waals surface area contributed by atoms with Gasteiger partial charge in [0.15, 0.2) is 0 Å². The summed E-state index contributed by atoms with van der Waals surface area (Å²) in [6.45, 7) is 4.69. The summed E-state index contributed by atoms with van der Waals surface area (Å²) in [7, 11) is 0. The highest BCUT2D eigenvalue weighted by molar-refractivity contribution is 7.17. The molecule has 0 aliphatic rings. The Morgan fingerprint density at radius 1 is 1.08 bits per heavy atom. The second-order valence-corrected chi connectivity index (χ2v) is 7.23. The number of aryl methyl sites for hydroxylation is 2. The third kappa shape index (κ3) is 2.85. The Kier molecular flexibility index (Phi) is 3.89. The SMILES string of the molecule is Cc1cc2ncn(CC(O)Cn3cnc4ccsc4c3=O)c2cc1C. The van der Waals surface area contributed by atoms with Crippen molar-refractivity contribution in [1.82, 2.24) is 19.1 Å². The molecule has 1 N–H and O–H groups in total. The molecule has 1 unspecified atom stereocenters. The van der Waals surface area contributed by atoms with Crippen LogP contribution in [0.2, 0.25) is 0 Å². The molecule has 0 radical (unpaired) electrons. The van der Waals surface area contributed by atoms with Crippen molar-refractivity contribution in [2.45, 2.75) is 33.0 Å². The lowest BCUT2D eigenvalue weighted by Gasteiger charge is -2.14. The number of aliphatic hydroxyl groups is 1. The highest BCUT2D eigenvalue weighted by Crippen LogP contribution is 2.19. The molecular formula is C18H18N4O2S. The molecule has 0 saturated heterocycles. The van der Waals surface area contributed by atoms with Gasteiger partial charge in [-0.3, -0.25) is 9.36 Å². The molecule has 0 bridgehead atoms. The molecule has 0 spiro atoms. The van der Waals surface area contributed by atoms with Gasteiger partial charge >= 0.3 is 0 Å². The molecule has 3 aromatic heterocycles. The fourth-order valence-corrected chi connectivity index (χ4v) is 3.77. The second-order valence-electron chi connectivity index (χ2n) is 6.31. The number of imidazole rings is 1. The fraction of sp³-hybridized carbons (Fsp3) is 0.278. The zero-order valence-corrected chi connectivity index (χ0v) is 14.8. The van der Waals surface area contributed by atoms with E-state index in [2.05, 4.69) is 29.9 Å². The summed E-state index contributed by atoms with van der Waals surface area (Å²) in [5.41, 5.74) is 4.87. The van der Waals surface area contributed by atoms with E-state index in [9.17, 15) is 9.90 Å². The number of hydrogen-bond acceptors (Lipinski definition) is 5. The van der Waals surface area contributed by atoms with Crippen LogP contribution in [0.4, 0.5) is 0 Å². The highest BCUT2D eigenvalue weighted by Gasteiger charge is 2.13. The molecule has 0 saturated carbocycles. The van der Waals surface area contributed by atoms with Gasteiger partial charge < -0.3 is 9.67 Å². The third-order valence-corrected chi connectivity index (χ3v) is 5.38. The summed E-state index contributed by atoms with van der Waals surface area (Å²) in [5.74, 6) is 0. The number of hydrogen-bond donors (Lipinski definition) is 1. The molecule has 128 valence electrons. The summed E-state index contributed by atoms with van der Waals surface area (Å²) in [6, 6.07) is 5.95. The number of nitrogens with zero attached hydrogens (tertiary/aromatic N) is 4. The molecule has 6 nitrogen and oxygen atoms in total. The minimum Gasteiger partial charge on any atom is -0.389 e. The monoisotopic (exact) mass is 354 g/mol. The lowest BCUT2D eigenvalue weighted by molar-refractivity contribution is 0.134. The summed E-state index contributed by atoms with van der Waals surface area (Å²) in [5, 5.41) is 12.3. The fourth-order valence-electron chi connectivity index (χ4n) is 2.98. The Labute approximate surface area is 148 Å². The van der Waals surface area contributed by atoms with Crippen LogP contribution in [0.25, 0.3) is 21.3 Å². The standard InChI is InChI=1S/C18H18N4O2S/c1-11-5-15-16(6-12(11)2)21(9-20-15)7-13(23)8-22-10-19-14-3-4-25-17(14)18(22)24/h3-6,9-10,13,23H,7-8H2,1-2H3. The van der Waals surface area contributed by atoms with Crippen molar-refractivity contribution in [2.24, 2.45) is 0 Å². The second kappa shape index (κ2) is 6.09. The minimum atomic E-state index is -0.712. The largest absolute Gasteiger partial charge is 0.389 e. The molecule has 3 heterocycles. The molecule has 25 heavy (non-hydrogen) atoms. The molecule has 4 rings (SSSR count). The van der Waals surface area contributed by atoms with Gasteiger partial charge in [-0.05, 0) is 48.6 Å². The van der Waals surface area contributed by atoms with Crippen LogP contribution in [0.5, 0.6) is 0 Å². The quantitative estimate of drug-likeness (QED) is 0.611. The first-order valence-electron chi connectivity index (χ1n) is 8.06. The van der Waals surface area contributed by atoms with Crippen LogP contribution in [0.15, 0.2) is 41.0 Å². The molecule has 0 fully saturated rings. The van der Waals surface area contributed by atoms with Crippen LogP contribution in [-0.4, -0.2) is 30.3 Å². The van der Waals surface area contributed by atoms with Gasteiger partial charge in [-0.25, -0.2) is 9.97 Å². The lowest BCUT2D eigenvalue weighted by atomic mass is 10.1. The van der Waals surface area contributed by atoms with Gasteiger partial charge in [0.25, 0.3) is 5.56 Å².